The van der Waals surface area contributed by atoms with Crippen LogP contribution in [-0.2, 0) is 0 Å². The number of H-pyrrole nitrogens is 1. The SMILES string of the molecule is c1cc2ncc3cc[nH]c3n2n1. The number of nitrogens with zero attached hydrogens (tertiary/aromatic N) is 3. The Morgan fingerprint density at radius 1 is 1.33 bits per heavy atom. The molecule has 3 heterocycles. The summed E-state index contributed by atoms with van der Waals surface area (Å²) in [6.07, 6.45) is 5.46. The van der Waals surface area contributed by atoms with Crippen molar-refractivity contribution >= 4 is 16.7 Å². The van der Waals surface area contributed by atoms with Crippen LogP contribution >= 0.6 is 0 Å². The van der Waals surface area contributed by atoms with Gasteiger partial charge in [0.2, 0.25) is 0 Å². The van der Waals surface area contributed by atoms with Crippen LogP contribution in [0, 0.1) is 0 Å². The first-order valence-electron chi connectivity index (χ1n) is 3.71. The van der Waals surface area contributed by atoms with Crippen LogP contribution in [0.4, 0.5) is 0 Å². The van der Waals surface area contributed by atoms with Crippen molar-refractivity contribution in [2.24, 2.45) is 0 Å². The summed E-state index contributed by atoms with van der Waals surface area (Å²) < 4.78 is 1.79. The highest BCUT2D eigenvalue weighted by Gasteiger charge is 2.00. The summed E-state index contributed by atoms with van der Waals surface area (Å²) in [5.74, 6) is 0. The van der Waals surface area contributed by atoms with E-state index in [4.69, 9.17) is 0 Å². The third-order valence-corrected chi connectivity index (χ3v) is 1.93. The molecular weight excluding hydrogens is 152 g/mol. The van der Waals surface area contributed by atoms with Crippen LogP contribution in [0.25, 0.3) is 16.7 Å². The summed E-state index contributed by atoms with van der Waals surface area (Å²) in [4.78, 5) is 7.33. The molecule has 3 aromatic rings. The van der Waals surface area contributed by atoms with Gasteiger partial charge in [-0.15, -0.1) is 0 Å². The van der Waals surface area contributed by atoms with Crippen LogP contribution < -0.4 is 0 Å². The van der Waals surface area contributed by atoms with Gasteiger partial charge in [-0.25, -0.2) is 4.98 Å². The maximum absolute atomic E-state index is 4.22. The van der Waals surface area contributed by atoms with Gasteiger partial charge in [-0.1, -0.05) is 0 Å². The Labute approximate surface area is 67.8 Å². The summed E-state index contributed by atoms with van der Waals surface area (Å²) in [7, 11) is 0. The van der Waals surface area contributed by atoms with E-state index in [1.165, 1.54) is 0 Å². The maximum atomic E-state index is 4.22. The summed E-state index contributed by atoms with van der Waals surface area (Å²) in [5.41, 5.74) is 1.86. The van der Waals surface area contributed by atoms with Gasteiger partial charge in [0.15, 0.2) is 5.65 Å². The average Bonchev–Trinajstić information content (AvgIpc) is 2.71. The Morgan fingerprint density at radius 3 is 3.33 bits per heavy atom. The molecule has 0 bridgehead atoms. The number of aromatic amines is 1. The van der Waals surface area contributed by atoms with Gasteiger partial charge in [-0.3, -0.25) is 0 Å². The monoisotopic (exact) mass is 158 g/mol. The predicted molar refractivity (Wildman–Crippen MR) is 44.8 cm³/mol. The molecule has 0 atom stereocenters. The van der Waals surface area contributed by atoms with Crippen LogP contribution in [0.3, 0.4) is 0 Å². The molecule has 4 heteroatoms. The van der Waals surface area contributed by atoms with Crippen molar-refractivity contribution in [1.29, 1.82) is 0 Å². The zero-order valence-electron chi connectivity index (χ0n) is 6.23. The van der Waals surface area contributed by atoms with Gasteiger partial charge in [-0.2, -0.15) is 9.61 Å². The summed E-state index contributed by atoms with van der Waals surface area (Å²) in [6.45, 7) is 0. The Balaban J connectivity index is 2.71. The maximum Gasteiger partial charge on any atom is 0.157 e. The molecule has 1 N–H and O–H groups in total. The highest BCUT2D eigenvalue weighted by molar-refractivity contribution is 5.76. The third kappa shape index (κ3) is 0.567. The fourth-order valence-corrected chi connectivity index (χ4v) is 1.36. The second-order valence-corrected chi connectivity index (χ2v) is 2.64. The molecule has 0 amide bonds. The average molecular weight is 158 g/mol. The van der Waals surface area contributed by atoms with E-state index in [1.807, 2.05) is 24.5 Å². The van der Waals surface area contributed by atoms with Gasteiger partial charge in [0.1, 0.15) is 5.65 Å². The van der Waals surface area contributed by atoms with Gasteiger partial charge >= 0.3 is 0 Å². The minimum absolute atomic E-state index is 0.866. The molecule has 0 aromatic carbocycles. The van der Waals surface area contributed by atoms with E-state index in [0.29, 0.717) is 0 Å². The number of nitrogens with one attached hydrogen (secondary N) is 1. The zero-order valence-corrected chi connectivity index (χ0v) is 6.23. The molecule has 0 aliphatic heterocycles. The molecule has 0 unspecified atom stereocenters. The number of hydrogen-bond acceptors (Lipinski definition) is 2. The van der Waals surface area contributed by atoms with Gasteiger partial charge in [0.05, 0.1) is 6.20 Å². The van der Waals surface area contributed by atoms with Crippen LogP contribution in [-0.4, -0.2) is 19.6 Å². The van der Waals surface area contributed by atoms with Gasteiger partial charge < -0.3 is 4.98 Å². The van der Waals surface area contributed by atoms with Crippen molar-refractivity contribution in [3.63, 3.8) is 0 Å². The first-order valence-corrected chi connectivity index (χ1v) is 3.71. The molecule has 3 rings (SSSR count). The Morgan fingerprint density at radius 2 is 2.33 bits per heavy atom. The molecule has 0 aliphatic carbocycles. The lowest BCUT2D eigenvalue weighted by molar-refractivity contribution is 0.969. The highest BCUT2D eigenvalue weighted by Crippen LogP contribution is 2.11. The Bertz CT molecular complexity index is 484. The third-order valence-electron chi connectivity index (χ3n) is 1.93. The molecule has 0 spiro atoms. The van der Waals surface area contributed by atoms with E-state index >= 15 is 0 Å². The number of rotatable bonds is 0. The largest absolute Gasteiger partial charge is 0.346 e. The van der Waals surface area contributed by atoms with Crippen molar-refractivity contribution in [1.82, 2.24) is 19.6 Å². The van der Waals surface area contributed by atoms with Crippen LogP contribution in [0.1, 0.15) is 0 Å². The lowest BCUT2D eigenvalue weighted by atomic mass is 10.4. The van der Waals surface area contributed by atoms with Gasteiger partial charge in [0, 0.05) is 23.8 Å². The standard InChI is InChI=1S/C8H6N4/c1-3-9-8-6(1)5-10-7-2-4-11-12(7)8/h1-5,9H. The summed E-state index contributed by atoms with van der Waals surface area (Å²) in [6, 6.07) is 3.85. The summed E-state index contributed by atoms with van der Waals surface area (Å²) in [5, 5.41) is 5.22. The molecule has 0 aliphatic rings. The van der Waals surface area contributed by atoms with Crippen molar-refractivity contribution in [3.8, 4) is 0 Å². The second kappa shape index (κ2) is 1.85. The molecule has 12 heavy (non-hydrogen) atoms. The number of hydrogen-bond donors (Lipinski definition) is 1. The van der Waals surface area contributed by atoms with E-state index in [9.17, 15) is 0 Å². The van der Waals surface area contributed by atoms with Crippen molar-refractivity contribution in [3.05, 3.63) is 30.7 Å². The molecule has 0 saturated heterocycles. The number of aromatic nitrogens is 4. The van der Waals surface area contributed by atoms with Crippen molar-refractivity contribution in [2.75, 3.05) is 0 Å². The fourth-order valence-electron chi connectivity index (χ4n) is 1.36. The van der Waals surface area contributed by atoms with E-state index in [2.05, 4.69) is 15.1 Å². The summed E-state index contributed by atoms with van der Waals surface area (Å²) >= 11 is 0. The highest BCUT2D eigenvalue weighted by atomic mass is 15.3. The van der Waals surface area contributed by atoms with Crippen molar-refractivity contribution < 1.29 is 0 Å². The first kappa shape index (κ1) is 5.77. The minimum atomic E-state index is 0.866. The quantitative estimate of drug-likeness (QED) is 0.534. The lowest BCUT2D eigenvalue weighted by Crippen LogP contribution is -1.90. The number of fused-ring (bicyclic) bond motifs is 3. The van der Waals surface area contributed by atoms with E-state index < -0.39 is 0 Å². The molecule has 0 saturated carbocycles. The molecule has 4 nitrogen and oxygen atoms in total. The molecule has 58 valence electrons. The smallest absolute Gasteiger partial charge is 0.157 e. The van der Waals surface area contributed by atoms with E-state index in [1.54, 1.807) is 10.7 Å². The minimum Gasteiger partial charge on any atom is -0.346 e. The Kier molecular flexibility index (Phi) is 0.889. The predicted octanol–water partition coefficient (Wildman–Crippen LogP) is 1.21. The first-order chi connectivity index (χ1) is 5.95. The van der Waals surface area contributed by atoms with Crippen LogP contribution in [0.2, 0.25) is 0 Å². The van der Waals surface area contributed by atoms with Crippen LogP contribution in [0.5, 0.6) is 0 Å². The lowest BCUT2D eigenvalue weighted by Gasteiger charge is -1.93. The molecular formula is C8H6N4. The van der Waals surface area contributed by atoms with Gasteiger partial charge in [0.25, 0.3) is 0 Å². The fraction of sp³-hybridized carbons (Fsp3) is 0. The van der Waals surface area contributed by atoms with Crippen molar-refractivity contribution in [2.45, 2.75) is 0 Å². The molecule has 3 aromatic heterocycles. The normalized spacial score (nSPS) is 11.3. The molecule has 0 radical (unpaired) electrons. The second-order valence-electron chi connectivity index (χ2n) is 2.64. The van der Waals surface area contributed by atoms with E-state index in [0.717, 1.165) is 16.7 Å². The van der Waals surface area contributed by atoms with E-state index in [-0.39, 0.29) is 0 Å². The Hall–Kier alpha value is -1.84. The topological polar surface area (TPSA) is 46.0 Å². The zero-order chi connectivity index (χ0) is 7.97. The molecule has 0 fully saturated rings. The van der Waals surface area contributed by atoms with Crippen LogP contribution in [0.15, 0.2) is 30.7 Å². The van der Waals surface area contributed by atoms with Gasteiger partial charge in [-0.05, 0) is 6.07 Å².